The van der Waals surface area contributed by atoms with Crippen LogP contribution in [-0.4, -0.2) is 63.1 Å². The third-order valence-corrected chi connectivity index (χ3v) is 5.40. The fourth-order valence-corrected chi connectivity index (χ4v) is 3.44. The van der Waals surface area contributed by atoms with Gasteiger partial charge in [0.15, 0.2) is 0 Å². The summed E-state index contributed by atoms with van der Waals surface area (Å²) in [4.78, 5) is 35.8. The molecule has 3 rings (SSSR count). The summed E-state index contributed by atoms with van der Waals surface area (Å²) in [6.07, 6.45) is -1.50. The number of carbonyl (C=O) groups excluding carboxylic acids is 3. The highest BCUT2D eigenvalue weighted by Gasteiger charge is 2.29. The molecule has 228 valence electrons. The second-order valence-electron chi connectivity index (χ2n) is 9.23. The maximum Gasteiger partial charge on any atom is 0.416 e. The number of benzene rings is 2. The molecule has 41 heavy (non-hydrogen) atoms. The summed E-state index contributed by atoms with van der Waals surface area (Å²) in [6.45, 7) is 7.09. The Bertz CT molecular complexity index is 1080. The van der Waals surface area contributed by atoms with Gasteiger partial charge in [-0.2, -0.15) is 13.2 Å². The lowest BCUT2D eigenvalue weighted by Gasteiger charge is -2.17. The molecule has 6 N–H and O–H groups in total. The van der Waals surface area contributed by atoms with Crippen molar-refractivity contribution in [2.24, 2.45) is 5.73 Å². The molecule has 2 aromatic carbocycles. The Morgan fingerprint density at radius 2 is 1.66 bits per heavy atom. The van der Waals surface area contributed by atoms with Crippen molar-refractivity contribution < 1.29 is 32.3 Å². The van der Waals surface area contributed by atoms with Gasteiger partial charge in [0.25, 0.3) is 0 Å². The summed E-state index contributed by atoms with van der Waals surface area (Å²) in [5.41, 5.74) is 6.67. The Hall–Kier alpha value is -3.64. The second kappa shape index (κ2) is 19.4. The smallest absolute Gasteiger partial charge is 0.416 e. The highest BCUT2D eigenvalue weighted by Crippen LogP contribution is 2.29. The highest BCUT2D eigenvalue weighted by molar-refractivity contribution is 5.90. The van der Waals surface area contributed by atoms with Crippen molar-refractivity contribution in [1.82, 2.24) is 21.3 Å². The van der Waals surface area contributed by atoms with Gasteiger partial charge in [-0.3, -0.25) is 14.4 Å². The predicted molar refractivity (Wildman–Crippen MR) is 152 cm³/mol. The third kappa shape index (κ3) is 15.1. The van der Waals surface area contributed by atoms with E-state index in [0.29, 0.717) is 25.3 Å². The second-order valence-corrected chi connectivity index (χ2v) is 9.23. The molecule has 0 aliphatic carbocycles. The van der Waals surface area contributed by atoms with Gasteiger partial charge in [0, 0.05) is 19.6 Å². The molecule has 0 aromatic heterocycles. The Morgan fingerprint density at radius 3 is 2.29 bits per heavy atom. The van der Waals surface area contributed by atoms with Crippen molar-refractivity contribution in [1.29, 1.82) is 0 Å². The van der Waals surface area contributed by atoms with Crippen molar-refractivity contribution in [2.75, 3.05) is 39.3 Å². The SMILES string of the molecule is CCC.Cc1cccc(C(F)(F)F)c1.NCC1NC(=O)CNC(=O)CNCCOc2ccccc2CCCNC1=O. The van der Waals surface area contributed by atoms with E-state index in [2.05, 4.69) is 35.1 Å². The molecule has 1 aliphatic rings. The first-order chi connectivity index (χ1) is 19.5. The van der Waals surface area contributed by atoms with E-state index in [0.717, 1.165) is 36.3 Å². The number of hydrogen-bond acceptors (Lipinski definition) is 6. The van der Waals surface area contributed by atoms with Crippen LogP contribution in [0.3, 0.4) is 0 Å². The zero-order valence-corrected chi connectivity index (χ0v) is 23.9. The minimum atomic E-state index is -4.22. The van der Waals surface area contributed by atoms with Crippen molar-refractivity contribution in [3.63, 3.8) is 0 Å². The van der Waals surface area contributed by atoms with Crippen LogP contribution < -0.4 is 31.7 Å². The van der Waals surface area contributed by atoms with Crippen LogP contribution in [0.2, 0.25) is 0 Å². The number of fused-ring (bicyclic) bond motifs is 1. The number of nitrogens with two attached hydrogens (primary N) is 1. The first-order valence-corrected chi connectivity index (χ1v) is 13.6. The topological polar surface area (TPSA) is 135 Å². The van der Waals surface area contributed by atoms with Gasteiger partial charge in [-0.05, 0) is 37.5 Å². The first kappa shape index (κ1) is 35.4. The van der Waals surface area contributed by atoms with Gasteiger partial charge in [-0.1, -0.05) is 62.2 Å². The summed E-state index contributed by atoms with van der Waals surface area (Å²) >= 11 is 0. The molecule has 0 spiro atoms. The number of amides is 3. The summed E-state index contributed by atoms with van der Waals surface area (Å²) in [7, 11) is 0. The maximum atomic E-state index is 12.2. The number of hydrogen-bond donors (Lipinski definition) is 5. The van der Waals surface area contributed by atoms with Crippen LogP contribution in [0.1, 0.15) is 43.4 Å². The summed E-state index contributed by atoms with van der Waals surface area (Å²) in [5, 5.41) is 10.7. The summed E-state index contributed by atoms with van der Waals surface area (Å²) in [6, 6.07) is 12.1. The summed E-state index contributed by atoms with van der Waals surface area (Å²) < 4.78 is 41.7. The Morgan fingerprint density at radius 1 is 0.951 bits per heavy atom. The normalized spacial score (nSPS) is 17.2. The third-order valence-electron chi connectivity index (χ3n) is 5.40. The van der Waals surface area contributed by atoms with Crippen LogP contribution in [0.4, 0.5) is 13.2 Å². The van der Waals surface area contributed by atoms with Crippen molar-refractivity contribution >= 4 is 17.7 Å². The molecule has 0 saturated heterocycles. The zero-order valence-electron chi connectivity index (χ0n) is 23.9. The molecule has 12 heteroatoms. The van der Waals surface area contributed by atoms with E-state index in [9.17, 15) is 27.6 Å². The molecule has 1 heterocycles. The largest absolute Gasteiger partial charge is 0.492 e. The quantitative estimate of drug-likeness (QED) is 0.352. The number of para-hydroxylation sites is 1. The Balaban J connectivity index is 0.000000496. The van der Waals surface area contributed by atoms with E-state index >= 15 is 0 Å². The number of nitrogens with one attached hydrogen (secondary N) is 4. The van der Waals surface area contributed by atoms with Crippen molar-refractivity contribution in [2.45, 2.75) is 52.3 Å². The van der Waals surface area contributed by atoms with E-state index in [1.165, 1.54) is 12.5 Å². The van der Waals surface area contributed by atoms with E-state index in [4.69, 9.17) is 10.5 Å². The highest BCUT2D eigenvalue weighted by atomic mass is 19.4. The average molecular weight is 582 g/mol. The molecular weight excluding hydrogens is 539 g/mol. The maximum absolute atomic E-state index is 12.2. The van der Waals surface area contributed by atoms with Crippen molar-refractivity contribution in [3.8, 4) is 5.75 Å². The van der Waals surface area contributed by atoms with Crippen LogP contribution in [0.5, 0.6) is 5.75 Å². The van der Waals surface area contributed by atoms with Crippen LogP contribution in [-0.2, 0) is 27.0 Å². The van der Waals surface area contributed by atoms with Crippen LogP contribution in [0.15, 0.2) is 48.5 Å². The zero-order chi connectivity index (χ0) is 30.7. The minimum absolute atomic E-state index is 0.0241. The number of carbonyl (C=O) groups is 3. The van der Waals surface area contributed by atoms with Gasteiger partial charge in [-0.15, -0.1) is 0 Å². The Kier molecular flexibility index (Phi) is 16.8. The van der Waals surface area contributed by atoms with Gasteiger partial charge < -0.3 is 31.7 Å². The van der Waals surface area contributed by atoms with Crippen LogP contribution in [0.25, 0.3) is 0 Å². The molecular formula is C29H42F3N5O4. The molecule has 0 radical (unpaired) electrons. The fourth-order valence-electron chi connectivity index (χ4n) is 3.44. The molecule has 1 atom stereocenters. The van der Waals surface area contributed by atoms with E-state index in [1.807, 2.05) is 24.3 Å². The molecule has 0 fully saturated rings. The van der Waals surface area contributed by atoms with E-state index in [1.54, 1.807) is 13.0 Å². The lowest BCUT2D eigenvalue weighted by Crippen LogP contribution is -2.53. The Labute approximate surface area is 239 Å². The molecule has 1 unspecified atom stereocenters. The molecule has 0 saturated carbocycles. The summed E-state index contributed by atoms with van der Waals surface area (Å²) in [5.74, 6) is -0.333. The molecule has 0 bridgehead atoms. The lowest BCUT2D eigenvalue weighted by molar-refractivity contribution is -0.137. The number of alkyl halides is 3. The molecule has 3 amide bonds. The lowest BCUT2D eigenvalue weighted by atomic mass is 10.1. The van der Waals surface area contributed by atoms with Gasteiger partial charge in [0.2, 0.25) is 17.7 Å². The first-order valence-electron chi connectivity index (χ1n) is 13.6. The van der Waals surface area contributed by atoms with Crippen LogP contribution >= 0.6 is 0 Å². The van der Waals surface area contributed by atoms with Gasteiger partial charge in [-0.25, -0.2) is 0 Å². The van der Waals surface area contributed by atoms with Gasteiger partial charge in [0.1, 0.15) is 18.4 Å². The van der Waals surface area contributed by atoms with Crippen LogP contribution in [0, 0.1) is 6.92 Å². The van der Waals surface area contributed by atoms with E-state index < -0.39 is 23.7 Å². The van der Waals surface area contributed by atoms with Gasteiger partial charge >= 0.3 is 6.18 Å². The monoisotopic (exact) mass is 581 g/mol. The number of halogens is 3. The number of rotatable bonds is 1. The molecule has 9 nitrogen and oxygen atoms in total. The fraction of sp³-hybridized carbons (Fsp3) is 0.483. The van der Waals surface area contributed by atoms with Gasteiger partial charge in [0.05, 0.1) is 18.7 Å². The average Bonchev–Trinajstić information content (AvgIpc) is 2.93. The molecule has 2 aromatic rings. The van der Waals surface area contributed by atoms with E-state index in [-0.39, 0.29) is 31.4 Å². The minimum Gasteiger partial charge on any atom is -0.492 e. The number of aryl methyl sites for hydroxylation is 2. The molecule has 1 aliphatic heterocycles. The standard InChI is InChI=1S/C18H27N5O4.C8H7F3.C3H8/c19-10-14-18(26)21-7-3-5-13-4-1-2-6-15(13)27-9-8-20-11-16(24)22-12-17(25)23-14;1-6-3-2-4-7(5-6)8(9,10)11;1-3-2/h1-2,4,6,14,20H,3,5,7-12,19H2,(H,21,26)(H,22,24)(H,23,25);2-5H,1H3;3H2,1-2H3. The van der Waals surface area contributed by atoms with Crippen molar-refractivity contribution in [3.05, 3.63) is 65.2 Å². The number of ether oxygens (including phenoxy) is 1. The predicted octanol–water partition coefficient (Wildman–Crippen LogP) is 2.71.